The Hall–Kier alpha value is -2.22. The number of nitrogens with zero attached hydrogens (tertiary/aromatic N) is 2. The lowest BCUT2D eigenvalue weighted by Gasteiger charge is -2.07. The highest BCUT2D eigenvalue weighted by Crippen LogP contribution is 2.26. The Kier molecular flexibility index (Phi) is 2.56. The van der Waals surface area contributed by atoms with Gasteiger partial charge in [-0.25, -0.2) is 4.57 Å². The minimum absolute atomic E-state index is 1.05. The van der Waals surface area contributed by atoms with Crippen LogP contribution in [-0.4, -0.2) is 4.98 Å². The van der Waals surface area contributed by atoms with Gasteiger partial charge >= 0.3 is 0 Å². The van der Waals surface area contributed by atoms with E-state index in [0.29, 0.717) is 0 Å². The molecule has 0 fully saturated rings. The Labute approximate surface area is 107 Å². The number of pyridine rings is 2. The standard InChI is InChI=1S/C16H15N2/c1-12-13-6-5-10-17-15(13)9-8-14(12)16-7-3-4-11-18(16)2/h3-11H,1-2H3/q+1. The molecule has 1 aromatic carbocycles. The Balaban J connectivity index is 2.31. The van der Waals surface area contributed by atoms with Crippen LogP contribution in [0.1, 0.15) is 5.56 Å². The lowest BCUT2D eigenvalue weighted by molar-refractivity contribution is -0.660. The molecule has 2 heterocycles. The molecule has 0 aliphatic carbocycles. The molecule has 0 atom stereocenters. The third-order valence-corrected chi connectivity index (χ3v) is 3.39. The maximum atomic E-state index is 4.39. The van der Waals surface area contributed by atoms with Gasteiger partial charge in [0.25, 0.3) is 0 Å². The van der Waals surface area contributed by atoms with Gasteiger partial charge in [0, 0.05) is 29.3 Å². The van der Waals surface area contributed by atoms with Crippen molar-refractivity contribution in [3.05, 3.63) is 60.4 Å². The molecule has 0 saturated heterocycles. The second kappa shape index (κ2) is 4.22. The molecule has 0 aliphatic heterocycles. The summed E-state index contributed by atoms with van der Waals surface area (Å²) in [5, 5.41) is 1.22. The molecule has 3 aromatic rings. The lowest BCUT2D eigenvalue weighted by Crippen LogP contribution is -2.30. The molecule has 0 saturated carbocycles. The SMILES string of the molecule is Cc1c(-c2cccc[n+]2C)ccc2ncccc12. The summed E-state index contributed by atoms with van der Waals surface area (Å²) >= 11 is 0. The van der Waals surface area contributed by atoms with E-state index in [2.05, 4.69) is 60.1 Å². The summed E-state index contributed by atoms with van der Waals surface area (Å²) in [6.07, 6.45) is 3.91. The van der Waals surface area contributed by atoms with E-state index in [1.165, 1.54) is 22.2 Å². The third-order valence-electron chi connectivity index (χ3n) is 3.39. The van der Waals surface area contributed by atoms with Crippen molar-refractivity contribution >= 4 is 10.9 Å². The average Bonchev–Trinajstić information content (AvgIpc) is 2.41. The van der Waals surface area contributed by atoms with Gasteiger partial charge in [0.15, 0.2) is 6.20 Å². The summed E-state index contributed by atoms with van der Waals surface area (Å²) in [4.78, 5) is 4.39. The van der Waals surface area contributed by atoms with E-state index < -0.39 is 0 Å². The predicted molar refractivity (Wildman–Crippen MR) is 73.1 cm³/mol. The molecule has 0 spiro atoms. The van der Waals surface area contributed by atoms with Gasteiger partial charge in [0.1, 0.15) is 7.05 Å². The average molecular weight is 235 g/mol. The minimum atomic E-state index is 1.05. The molecule has 0 amide bonds. The van der Waals surface area contributed by atoms with E-state index in [0.717, 1.165) is 5.52 Å². The van der Waals surface area contributed by atoms with Crippen molar-refractivity contribution in [2.75, 3.05) is 0 Å². The molecule has 0 bridgehead atoms. The molecular formula is C16H15N2+. The van der Waals surface area contributed by atoms with Crippen LogP contribution in [0, 0.1) is 6.92 Å². The highest BCUT2D eigenvalue weighted by Gasteiger charge is 2.12. The third kappa shape index (κ3) is 1.66. The quantitative estimate of drug-likeness (QED) is 0.592. The van der Waals surface area contributed by atoms with Crippen LogP contribution < -0.4 is 4.57 Å². The number of benzene rings is 1. The molecule has 0 unspecified atom stereocenters. The highest BCUT2D eigenvalue weighted by molar-refractivity contribution is 5.87. The predicted octanol–water partition coefficient (Wildman–Crippen LogP) is 3.03. The maximum absolute atomic E-state index is 4.39. The molecule has 2 aromatic heterocycles. The molecule has 0 N–H and O–H groups in total. The van der Waals surface area contributed by atoms with E-state index >= 15 is 0 Å². The van der Waals surface area contributed by atoms with Gasteiger partial charge in [-0.2, -0.15) is 0 Å². The second-order valence-corrected chi connectivity index (χ2v) is 4.50. The van der Waals surface area contributed by atoms with E-state index in [4.69, 9.17) is 0 Å². The Morgan fingerprint density at radius 1 is 1.00 bits per heavy atom. The van der Waals surface area contributed by atoms with Crippen LogP contribution >= 0.6 is 0 Å². The van der Waals surface area contributed by atoms with E-state index in [-0.39, 0.29) is 0 Å². The largest absolute Gasteiger partial charge is 0.256 e. The van der Waals surface area contributed by atoms with Gasteiger partial charge in [-0.05, 0) is 36.8 Å². The zero-order chi connectivity index (χ0) is 12.5. The number of fused-ring (bicyclic) bond motifs is 1. The Bertz CT molecular complexity index is 717. The maximum Gasteiger partial charge on any atom is 0.212 e. The minimum Gasteiger partial charge on any atom is -0.256 e. The first kappa shape index (κ1) is 10.9. The fraction of sp³-hybridized carbons (Fsp3) is 0.125. The van der Waals surface area contributed by atoms with Crippen LogP contribution in [0.15, 0.2) is 54.9 Å². The van der Waals surface area contributed by atoms with Crippen molar-refractivity contribution in [1.29, 1.82) is 0 Å². The number of hydrogen-bond acceptors (Lipinski definition) is 1. The van der Waals surface area contributed by atoms with Crippen molar-refractivity contribution in [1.82, 2.24) is 4.98 Å². The molecule has 2 heteroatoms. The zero-order valence-electron chi connectivity index (χ0n) is 10.6. The summed E-state index contributed by atoms with van der Waals surface area (Å²) in [5.74, 6) is 0. The van der Waals surface area contributed by atoms with Gasteiger partial charge in [-0.1, -0.05) is 6.07 Å². The summed E-state index contributed by atoms with van der Waals surface area (Å²) in [5.41, 5.74) is 4.82. The topological polar surface area (TPSA) is 16.8 Å². The number of rotatable bonds is 1. The summed E-state index contributed by atoms with van der Waals surface area (Å²) < 4.78 is 2.14. The Morgan fingerprint density at radius 3 is 2.72 bits per heavy atom. The van der Waals surface area contributed by atoms with Crippen LogP contribution in [0.4, 0.5) is 0 Å². The lowest BCUT2D eigenvalue weighted by atomic mass is 10.00. The summed E-state index contributed by atoms with van der Waals surface area (Å²) in [7, 11) is 2.07. The van der Waals surface area contributed by atoms with Crippen LogP contribution in [0.5, 0.6) is 0 Å². The van der Waals surface area contributed by atoms with E-state index in [1.807, 2.05) is 18.3 Å². The normalized spacial score (nSPS) is 10.8. The van der Waals surface area contributed by atoms with Gasteiger partial charge < -0.3 is 0 Å². The number of hydrogen-bond donors (Lipinski definition) is 0. The molecule has 2 nitrogen and oxygen atoms in total. The summed E-state index contributed by atoms with van der Waals surface area (Å²) in [6.45, 7) is 2.16. The second-order valence-electron chi connectivity index (χ2n) is 4.50. The van der Waals surface area contributed by atoms with Gasteiger partial charge in [0.2, 0.25) is 5.69 Å². The summed E-state index contributed by atoms with van der Waals surface area (Å²) in [6, 6.07) is 14.6. The van der Waals surface area contributed by atoms with Crippen molar-refractivity contribution in [3.8, 4) is 11.3 Å². The molecule has 0 aliphatic rings. The smallest absolute Gasteiger partial charge is 0.212 e. The Morgan fingerprint density at radius 2 is 1.89 bits per heavy atom. The fourth-order valence-electron chi connectivity index (χ4n) is 2.38. The number of aryl methyl sites for hydroxylation is 2. The first-order valence-electron chi connectivity index (χ1n) is 6.07. The van der Waals surface area contributed by atoms with Crippen molar-refractivity contribution < 1.29 is 4.57 Å². The van der Waals surface area contributed by atoms with Gasteiger partial charge in [-0.15, -0.1) is 0 Å². The van der Waals surface area contributed by atoms with Gasteiger partial charge in [0.05, 0.1) is 5.52 Å². The first-order chi connectivity index (χ1) is 8.77. The fourth-order valence-corrected chi connectivity index (χ4v) is 2.38. The van der Waals surface area contributed by atoms with Crippen LogP contribution in [0.3, 0.4) is 0 Å². The highest BCUT2D eigenvalue weighted by atomic mass is 14.9. The van der Waals surface area contributed by atoms with Crippen LogP contribution in [0.2, 0.25) is 0 Å². The van der Waals surface area contributed by atoms with Crippen molar-refractivity contribution in [2.45, 2.75) is 6.92 Å². The first-order valence-corrected chi connectivity index (χ1v) is 6.07. The van der Waals surface area contributed by atoms with Gasteiger partial charge in [-0.3, -0.25) is 4.98 Å². The monoisotopic (exact) mass is 235 g/mol. The molecule has 3 rings (SSSR count). The van der Waals surface area contributed by atoms with Crippen LogP contribution in [0.25, 0.3) is 22.2 Å². The number of aromatic nitrogens is 2. The van der Waals surface area contributed by atoms with Crippen molar-refractivity contribution in [2.24, 2.45) is 7.05 Å². The molecule has 0 radical (unpaired) electrons. The zero-order valence-corrected chi connectivity index (χ0v) is 10.6. The molecule has 88 valence electrons. The van der Waals surface area contributed by atoms with Crippen molar-refractivity contribution in [3.63, 3.8) is 0 Å². The molecular weight excluding hydrogens is 220 g/mol. The van der Waals surface area contributed by atoms with E-state index in [1.54, 1.807) is 0 Å². The van der Waals surface area contributed by atoms with E-state index in [9.17, 15) is 0 Å². The molecule has 18 heavy (non-hydrogen) atoms. The van der Waals surface area contributed by atoms with Crippen LogP contribution in [-0.2, 0) is 7.05 Å².